The van der Waals surface area contributed by atoms with Crippen molar-refractivity contribution in [2.75, 3.05) is 31.7 Å². The number of imidazole rings is 1. The molecule has 2 saturated heterocycles. The van der Waals surface area contributed by atoms with Gasteiger partial charge in [-0.1, -0.05) is 17.7 Å². The van der Waals surface area contributed by atoms with Crippen molar-refractivity contribution in [3.63, 3.8) is 0 Å². The first-order valence-electron chi connectivity index (χ1n) is 13.3. The molecular formula is C27H31ClN6O4. The van der Waals surface area contributed by atoms with Crippen LogP contribution in [-0.2, 0) is 9.47 Å². The molecule has 4 heterocycles. The molecule has 0 bridgehead atoms. The number of nitrogens with one attached hydrogen (secondary N) is 1. The molecule has 1 N–H and O–H groups in total. The zero-order valence-electron chi connectivity index (χ0n) is 21.1. The summed E-state index contributed by atoms with van der Waals surface area (Å²) in [7, 11) is 0. The lowest BCUT2D eigenvalue weighted by Gasteiger charge is -2.33. The van der Waals surface area contributed by atoms with E-state index in [4.69, 9.17) is 26.1 Å². The fraction of sp³-hybridized carbons (Fsp3) is 0.481. The first-order valence-corrected chi connectivity index (χ1v) is 13.7. The van der Waals surface area contributed by atoms with Gasteiger partial charge in [-0.25, -0.2) is 19.6 Å². The van der Waals surface area contributed by atoms with Crippen LogP contribution >= 0.6 is 11.6 Å². The summed E-state index contributed by atoms with van der Waals surface area (Å²) < 4.78 is 14.1. The number of hydrogen-bond donors (Lipinski definition) is 1. The summed E-state index contributed by atoms with van der Waals surface area (Å²) in [6.45, 7) is 2.43. The summed E-state index contributed by atoms with van der Waals surface area (Å²) >= 11 is 6.29. The topological polar surface area (TPSA) is 104 Å². The van der Waals surface area contributed by atoms with Crippen LogP contribution < -0.4 is 11.0 Å². The number of hydrogen-bond acceptors (Lipinski definition) is 7. The number of rotatable bonds is 6. The molecular weight excluding hydrogens is 508 g/mol. The molecule has 0 radical (unpaired) electrons. The summed E-state index contributed by atoms with van der Waals surface area (Å²) in [6.07, 6.45) is 8.63. The molecule has 1 amide bonds. The number of halogens is 1. The molecule has 2 aromatic heterocycles. The average Bonchev–Trinajstić information content (AvgIpc) is 3.52. The molecule has 0 atom stereocenters. The van der Waals surface area contributed by atoms with E-state index in [2.05, 4.69) is 10.3 Å². The molecule has 200 valence electrons. The third kappa shape index (κ3) is 5.02. The molecule has 6 rings (SSSR count). The minimum absolute atomic E-state index is 0.0675. The van der Waals surface area contributed by atoms with Crippen molar-refractivity contribution in [1.29, 1.82) is 0 Å². The summed E-state index contributed by atoms with van der Waals surface area (Å²) in [5.41, 5.74) is 1.90. The van der Waals surface area contributed by atoms with Gasteiger partial charge < -0.3 is 19.7 Å². The maximum absolute atomic E-state index is 13.7. The molecule has 0 unspecified atom stereocenters. The van der Waals surface area contributed by atoms with Crippen LogP contribution in [0.1, 0.15) is 44.6 Å². The van der Waals surface area contributed by atoms with Gasteiger partial charge in [-0.15, -0.1) is 0 Å². The lowest BCUT2D eigenvalue weighted by atomic mass is 9.90. The van der Waals surface area contributed by atoms with Gasteiger partial charge in [-0.2, -0.15) is 0 Å². The molecule has 1 aromatic carbocycles. The zero-order valence-corrected chi connectivity index (χ0v) is 21.8. The lowest BCUT2D eigenvalue weighted by molar-refractivity contribution is 0.0686. The van der Waals surface area contributed by atoms with Gasteiger partial charge >= 0.3 is 11.8 Å². The second-order valence-corrected chi connectivity index (χ2v) is 10.5. The van der Waals surface area contributed by atoms with E-state index in [0.29, 0.717) is 54.4 Å². The Balaban J connectivity index is 1.26. The van der Waals surface area contributed by atoms with Crippen LogP contribution in [0.4, 0.5) is 10.7 Å². The van der Waals surface area contributed by atoms with Crippen LogP contribution in [0, 0.1) is 0 Å². The molecule has 3 aromatic rings. The smallest absolute Gasteiger partial charge is 0.410 e. The molecule has 1 aliphatic carbocycles. The van der Waals surface area contributed by atoms with Crippen LogP contribution in [0.3, 0.4) is 0 Å². The van der Waals surface area contributed by atoms with Crippen LogP contribution in [0.5, 0.6) is 0 Å². The Morgan fingerprint density at radius 2 is 1.79 bits per heavy atom. The van der Waals surface area contributed by atoms with Crippen LogP contribution in [0.2, 0.25) is 5.02 Å². The predicted octanol–water partition coefficient (Wildman–Crippen LogP) is 4.28. The Bertz CT molecular complexity index is 1360. The Hall–Kier alpha value is -3.37. The van der Waals surface area contributed by atoms with Gasteiger partial charge in [0, 0.05) is 48.8 Å². The largest absolute Gasteiger partial charge is 0.448 e. The third-order valence-corrected chi connectivity index (χ3v) is 7.98. The first-order chi connectivity index (χ1) is 18.6. The van der Waals surface area contributed by atoms with Gasteiger partial charge in [0.05, 0.1) is 23.6 Å². The molecule has 38 heavy (non-hydrogen) atoms. The number of nitrogens with zero attached hydrogens (tertiary/aromatic N) is 5. The fourth-order valence-corrected chi connectivity index (χ4v) is 5.94. The molecule has 11 heteroatoms. The van der Waals surface area contributed by atoms with Crippen LogP contribution in [0.25, 0.3) is 17.1 Å². The van der Waals surface area contributed by atoms with Crippen molar-refractivity contribution in [3.8, 4) is 17.1 Å². The highest BCUT2D eigenvalue weighted by Gasteiger charge is 2.33. The highest BCUT2D eigenvalue weighted by molar-refractivity contribution is 6.30. The van der Waals surface area contributed by atoms with E-state index in [1.54, 1.807) is 27.5 Å². The number of aromatic nitrogens is 4. The van der Waals surface area contributed by atoms with Gasteiger partial charge in [-0.3, -0.25) is 9.13 Å². The van der Waals surface area contributed by atoms with E-state index in [1.807, 2.05) is 29.3 Å². The number of ether oxygens (including phenoxy) is 2. The van der Waals surface area contributed by atoms with E-state index >= 15 is 0 Å². The number of carbonyl (C=O) groups excluding carboxylic acids is 1. The number of benzene rings is 1. The molecule has 3 aliphatic rings. The third-order valence-electron chi connectivity index (χ3n) is 7.75. The number of cyclic esters (lactones) is 1. The Labute approximate surface area is 225 Å². The van der Waals surface area contributed by atoms with Crippen molar-refractivity contribution >= 4 is 23.6 Å². The van der Waals surface area contributed by atoms with E-state index in [-0.39, 0.29) is 29.9 Å². The molecule has 0 spiro atoms. The van der Waals surface area contributed by atoms with Crippen molar-refractivity contribution in [2.45, 2.75) is 56.7 Å². The van der Waals surface area contributed by atoms with Crippen LogP contribution in [0.15, 0.2) is 47.5 Å². The summed E-state index contributed by atoms with van der Waals surface area (Å²) in [5.74, 6) is 0.524. The van der Waals surface area contributed by atoms with E-state index < -0.39 is 0 Å². The standard InChI is InChI=1S/C27H31ClN6O4/c28-18-2-1-3-22(16-18)34-24(17-33(26(34)35)21-9-13-37-14-10-21)23-8-11-29-25(31-23)30-19-4-6-20(7-5-19)32-12-15-38-27(32)36/h1-3,8,11,16-17,19-21H,4-7,9-10,12-15H2,(H,29,30,31). The number of carbonyl (C=O) groups is 1. The minimum atomic E-state index is -0.198. The maximum atomic E-state index is 13.7. The van der Waals surface area contributed by atoms with E-state index in [9.17, 15) is 9.59 Å². The Morgan fingerprint density at radius 1 is 0.974 bits per heavy atom. The normalized spacial score (nSPS) is 22.4. The van der Waals surface area contributed by atoms with E-state index in [1.165, 1.54) is 0 Å². The SMILES string of the molecule is O=C1OCCN1C1CCC(Nc2nccc(-c3cn(C4CCOCC4)c(=O)n3-c3cccc(Cl)c3)n2)CC1. The Kier molecular flexibility index (Phi) is 7.08. The highest BCUT2D eigenvalue weighted by Crippen LogP contribution is 2.29. The number of anilines is 1. The molecule has 3 fully saturated rings. The maximum Gasteiger partial charge on any atom is 0.410 e. The van der Waals surface area contributed by atoms with Gasteiger partial charge in [0.25, 0.3) is 0 Å². The van der Waals surface area contributed by atoms with Crippen molar-refractivity contribution in [3.05, 3.63) is 58.2 Å². The highest BCUT2D eigenvalue weighted by atomic mass is 35.5. The quantitative estimate of drug-likeness (QED) is 0.499. The van der Waals surface area contributed by atoms with Gasteiger partial charge in [0.2, 0.25) is 5.95 Å². The number of amides is 1. The molecule has 1 saturated carbocycles. The van der Waals surface area contributed by atoms with Gasteiger partial charge in [0.15, 0.2) is 0 Å². The second-order valence-electron chi connectivity index (χ2n) is 10.1. The molecule has 10 nitrogen and oxygen atoms in total. The summed E-state index contributed by atoms with van der Waals surface area (Å²) in [4.78, 5) is 36.7. The van der Waals surface area contributed by atoms with Gasteiger partial charge in [-0.05, 0) is 62.8 Å². The average molecular weight is 539 g/mol. The summed E-state index contributed by atoms with van der Waals surface area (Å²) in [6, 6.07) is 9.62. The zero-order chi connectivity index (χ0) is 26.1. The van der Waals surface area contributed by atoms with Crippen LogP contribution in [-0.4, -0.2) is 68.5 Å². The van der Waals surface area contributed by atoms with Crippen molar-refractivity contribution < 1.29 is 14.3 Å². The molecule has 2 aliphatic heterocycles. The van der Waals surface area contributed by atoms with Crippen molar-refractivity contribution in [2.24, 2.45) is 0 Å². The minimum Gasteiger partial charge on any atom is -0.448 e. The van der Waals surface area contributed by atoms with Crippen molar-refractivity contribution in [1.82, 2.24) is 24.0 Å². The Morgan fingerprint density at radius 3 is 2.53 bits per heavy atom. The first kappa shape index (κ1) is 24.9. The summed E-state index contributed by atoms with van der Waals surface area (Å²) in [5, 5.41) is 4.04. The predicted molar refractivity (Wildman–Crippen MR) is 143 cm³/mol. The van der Waals surface area contributed by atoms with E-state index in [0.717, 1.165) is 38.5 Å². The van der Waals surface area contributed by atoms with Gasteiger partial charge in [0.1, 0.15) is 6.61 Å². The second kappa shape index (κ2) is 10.8. The fourth-order valence-electron chi connectivity index (χ4n) is 5.76. The monoisotopic (exact) mass is 538 g/mol. The lowest BCUT2D eigenvalue weighted by Crippen LogP contribution is -2.41.